The second kappa shape index (κ2) is 7.44. The van der Waals surface area contributed by atoms with Crippen LogP contribution in [0.1, 0.15) is 31.7 Å². The van der Waals surface area contributed by atoms with Gasteiger partial charge in [0.05, 0.1) is 6.61 Å². The van der Waals surface area contributed by atoms with Gasteiger partial charge in [-0.3, -0.25) is 9.80 Å². The Balaban J connectivity index is 1.51. The molecule has 4 heteroatoms. The minimum Gasteiger partial charge on any atom is -0.491 e. The van der Waals surface area contributed by atoms with E-state index in [9.17, 15) is 0 Å². The molecule has 0 amide bonds. The summed E-state index contributed by atoms with van der Waals surface area (Å²) in [6, 6.07) is 9.66. The molecule has 22 heavy (non-hydrogen) atoms. The topological polar surface area (TPSA) is 35.9 Å². The quantitative estimate of drug-likeness (QED) is 0.873. The summed E-state index contributed by atoms with van der Waals surface area (Å²) < 4.78 is 5.63. The van der Waals surface area contributed by atoms with Crippen LogP contribution >= 0.6 is 0 Å². The molecule has 3 rings (SSSR count). The van der Waals surface area contributed by atoms with Crippen LogP contribution in [0.3, 0.4) is 0 Å². The Kier molecular flexibility index (Phi) is 5.34. The van der Waals surface area contributed by atoms with Gasteiger partial charge in [-0.1, -0.05) is 24.6 Å². The fourth-order valence-electron chi connectivity index (χ4n) is 3.72. The summed E-state index contributed by atoms with van der Waals surface area (Å²) in [4.78, 5) is 5.20. The largest absolute Gasteiger partial charge is 0.491 e. The molecule has 1 atom stereocenters. The third-order valence-electron chi connectivity index (χ3n) is 4.98. The number of hydrogen-bond acceptors (Lipinski definition) is 4. The van der Waals surface area contributed by atoms with Crippen molar-refractivity contribution in [3.05, 3.63) is 29.8 Å². The Morgan fingerprint density at radius 2 is 2.05 bits per heavy atom. The minimum atomic E-state index is 0.0625. The van der Waals surface area contributed by atoms with Crippen molar-refractivity contribution >= 4 is 0 Å². The van der Waals surface area contributed by atoms with Crippen LogP contribution in [-0.2, 0) is 6.54 Å². The number of benzene rings is 1. The first-order valence-corrected chi connectivity index (χ1v) is 8.57. The summed E-state index contributed by atoms with van der Waals surface area (Å²) in [6.45, 7) is 7.35. The molecule has 2 heterocycles. The van der Waals surface area contributed by atoms with Crippen molar-refractivity contribution in [2.45, 2.75) is 44.8 Å². The van der Waals surface area contributed by atoms with Crippen molar-refractivity contribution in [3.63, 3.8) is 0 Å². The van der Waals surface area contributed by atoms with Crippen molar-refractivity contribution in [2.24, 2.45) is 0 Å². The molecule has 1 aromatic rings. The molecule has 1 N–H and O–H groups in total. The lowest BCUT2D eigenvalue weighted by Gasteiger charge is -2.49. The Labute approximate surface area is 133 Å². The van der Waals surface area contributed by atoms with Gasteiger partial charge in [0.25, 0.3) is 0 Å². The molecule has 0 spiro atoms. The van der Waals surface area contributed by atoms with E-state index in [4.69, 9.17) is 9.84 Å². The maximum Gasteiger partial charge on any atom is 0.123 e. The molecular formula is C18H28N2O2. The summed E-state index contributed by atoms with van der Waals surface area (Å²) in [7, 11) is 0. The SMILES string of the molecule is CC1CCCCN1C1CN(Cc2ccccc2OCCO)C1. The summed E-state index contributed by atoms with van der Waals surface area (Å²) in [5.74, 6) is 0.909. The predicted molar refractivity (Wildman–Crippen MR) is 88.1 cm³/mol. The highest BCUT2D eigenvalue weighted by Crippen LogP contribution is 2.27. The molecule has 2 fully saturated rings. The van der Waals surface area contributed by atoms with Gasteiger partial charge in [0.1, 0.15) is 12.4 Å². The average Bonchev–Trinajstić information content (AvgIpc) is 2.50. The highest BCUT2D eigenvalue weighted by molar-refractivity contribution is 5.33. The lowest BCUT2D eigenvalue weighted by atomic mass is 9.97. The number of piperidine rings is 1. The Hall–Kier alpha value is -1.10. The van der Waals surface area contributed by atoms with Gasteiger partial charge in [0.15, 0.2) is 0 Å². The molecule has 0 aromatic heterocycles. The number of rotatable bonds is 6. The number of aliphatic hydroxyl groups is 1. The lowest BCUT2D eigenvalue weighted by molar-refractivity contribution is -0.00657. The van der Waals surface area contributed by atoms with Crippen molar-refractivity contribution < 1.29 is 9.84 Å². The van der Waals surface area contributed by atoms with Gasteiger partial charge in [0, 0.05) is 37.3 Å². The van der Waals surface area contributed by atoms with Crippen LogP contribution < -0.4 is 4.74 Å². The fourth-order valence-corrected chi connectivity index (χ4v) is 3.72. The number of ether oxygens (including phenoxy) is 1. The van der Waals surface area contributed by atoms with Crippen LogP contribution in [0.2, 0.25) is 0 Å². The molecule has 122 valence electrons. The molecule has 1 unspecified atom stereocenters. The first kappa shape index (κ1) is 15.8. The molecule has 0 bridgehead atoms. The number of likely N-dealkylation sites (tertiary alicyclic amines) is 2. The maximum absolute atomic E-state index is 8.92. The van der Waals surface area contributed by atoms with Crippen molar-refractivity contribution in [2.75, 3.05) is 32.8 Å². The Morgan fingerprint density at radius 1 is 1.23 bits per heavy atom. The van der Waals surface area contributed by atoms with E-state index >= 15 is 0 Å². The Bertz CT molecular complexity index is 474. The zero-order valence-electron chi connectivity index (χ0n) is 13.6. The average molecular weight is 304 g/mol. The first-order chi connectivity index (χ1) is 10.8. The molecule has 4 nitrogen and oxygen atoms in total. The molecule has 0 radical (unpaired) electrons. The normalized spacial score (nSPS) is 24.2. The van der Waals surface area contributed by atoms with E-state index in [-0.39, 0.29) is 6.61 Å². The van der Waals surface area contributed by atoms with Gasteiger partial charge in [-0.15, -0.1) is 0 Å². The molecule has 1 aromatic carbocycles. The third kappa shape index (κ3) is 3.62. The van der Waals surface area contributed by atoms with E-state index in [1.165, 1.54) is 44.5 Å². The van der Waals surface area contributed by atoms with Gasteiger partial charge >= 0.3 is 0 Å². The summed E-state index contributed by atoms with van der Waals surface area (Å²) in [6.07, 6.45) is 4.11. The molecular weight excluding hydrogens is 276 g/mol. The number of aliphatic hydroxyl groups excluding tert-OH is 1. The highest BCUT2D eigenvalue weighted by Gasteiger charge is 2.35. The zero-order valence-corrected chi connectivity index (χ0v) is 13.6. The van der Waals surface area contributed by atoms with Crippen LogP contribution in [0.5, 0.6) is 5.75 Å². The second-order valence-electron chi connectivity index (χ2n) is 6.61. The van der Waals surface area contributed by atoms with Crippen molar-refractivity contribution in [3.8, 4) is 5.75 Å². The number of nitrogens with zero attached hydrogens (tertiary/aromatic N) is 2. The van der Waals surface area contributed by atoms with Gasteiger partial charge in [-0.05, 0) is 32.4 Å². The smallest absolute Gasteiger partial charge is 0.123 e. The van der Waals surface area contributed by atoms with Crippen LogP contribution in [-0.4, -0.2) is 59.8 Å². The zero-order chi connectivity index (χ0) is 15.4. The molecule has 2 aliphatic heterocycles. The summed E-state index contributed by atoms with van der Waals surface area (Å²) in [5, 5.41) is 8.92. The van der Waals surface area contributed by atoms with Gasteiger partial charge in [0.2, 0.25) is 0 Å². The minimum absolute atomic E-state index is 0.0625. The van der Waals surface area contributed by atoms with Gasteiger partial charge < -0.3 is 9.84 Å². The predicted octanol–water partition coefficient (Wildman–Crippen LogP) is 2.12. The van der Waals surface area contributed by atoms with E-state index in [0.29, 0.717) is 6.61 Å². The van der Waals surface area contributed by atoms with E-state index in [1.54, 1.807) is 0 Å². The monoisotopic (exact) mass is 304 g/mol. The third-order valence-corrected chi connectivity index (χ3v) is 4.98. The van der Waals surface area contributed by atoms with E-state index in [0.717, 1.165) is 24.4 Å². The van der Waals surface area contributed by atoms with Gasteiger partial charge in [-0.2, -0.15) is 0 Å². The van der Waals surface area contributed by atoms with Gasteiger partial charge in [-0.25, -0.2) is 0 Å². The number of para-hydroxylation sites is 1. The van der Waals surface area contributed by atoms with Crippen LogP contribution in [0.25, 0.3) is 0 Å². The summed E-state index contributed by atoms with van der Waals surface area (Å²) in [5.41, 5.74) is 1.22. The first-order valence-electron chi connectivity index (χ1n) is 8.57. The van der Waals surface area contributed by atoms with Crippen LogP contribution in [0.4, 0.5) is 0 Å². The molecule has 2 saturated heterocycles. The van der Waals surface area contributed by atoms with E-state index in [1.807, 2.05) is 12.1 Å². The van der Waals surface area contributed by atoms with E-state index < -0.39 is 0 Å². The van der Waals surface area contributed by atoms with Crippen LogP contribution in [0.15, 0.2) is 24.3 Å². The number of hydrogen-bond donors (Lipinski definition) is 1. The highest BCUT2D eigenvalue weighted by atomic mass is 16.5. The standard InChI is InChI=1S/C18H28N2O2/c1-15-6-4-5-9-20(15)17-13-19(14-17)12-16-7-2-3-8-18(16)22-11-10-21/h2-3,7-8,15,17,21H,4-6,9-14H2,1H3. The van der Waals surface area contributed by atoms with Crippen molar-refractivity contribution in [1.29, 1.82) is 0 Å². The van der Waals surface area contributed by atoms with Crippen molar-refractivity contribution in [1.82, 2.24) is 9.80 Å². The summed E-state index contributed by atoms with van der Waals surface area (Å²) >= 11 is 0. The Morgan fingerprint density at radius 3 is 2.82 bits per heavy atom. The molecule has 0 aliphatic carbocycles. The molecule has 0 saturated carbocycles. The van der Waals surface area contributed by atoms with E-state index in [2.05, 4.69) is 28.9 Å². The molecule has 2 aliphatic rings. The maximum atomic E-state index is 8.92. The lowest BCUT2D eigenvalue weighted by Crippen LogP contribution is -2.61. The second-order valence-corrected chi connectivity index (χ2v) is 6.61. The fraction of sp³-hybridized carbons (Fsp3) is 0.667. The van der Waals surface area contributed by atoms with Crippen LogP contribution in [0, 0.1) is 0 Å².